The molecule has 1 aromatic heterocycles. The number of carbonyl (C=O) groups excluding carboxylic acids is 1. The van der Waals surface area contributed by atoms with E-state index in [0.29, 0.717) is 5.56 Å². The van der Waals surface area contributed by atoms with Gasteiger partial charge in [-0.25, -0.2) is 4.98 Å². The summed E-state index contributed by atoms with van der Waals surface area (Å²) in [6.45, 7) is 3.77. The number of halogens is 1. The van der Waals surface area contributed by atoms with Gasteiger partial charge in [-0.3, -0.25) is 4.79 Å². The Balaban J connectivity index is 1.70. The summed E-state index contributed by atoms with van der Waals surface area (Å²) in [5.41, 5.74) is 1.83. The second kappa shape index (κ2) is 6.26. The van der Waals surface area contributed by atoms with Gasteiger partial charge < -0.3 is 9.80 Å². The largest absolute Gasteiger partial charge is 0.367 e. The SMILES string of the molecule is O=Cc1ccc(N2CCN(c3ccccn3)CC2)c(Br)c1. The van der Waals surface area contributed by atoms with Crippen molar-refractivity contribution in [2.24, 2.45) is 0 Å². The van der Waals surface area contributed by atoms with E-state index in [9.17, 15) is 4.79 Å². The number of nitrogens with zero attached hydrogens (tertiary/aromatic N) is 3. The van der Waals surface area contributed by atoms with Crippen LogP contribution in [0.5, 0.6) is 0 Å². The maximum absolute atomic E-state index is 10.8. The first-order chi connectivity index (χ1) is 10.3. The van der Waals surface area contributed by atoms with Crippen molar-refractivity contribution in [1.82, 2.24) is 4.98 Å². The van der Waals surface area contributed by atoms with E-state index in [1.165, 1.54) is 0 Å². The lowest BCUT2D eigenvalue weighted by atomic mass is 10.2. The number of pyridine rings is 1. The van der Waals surface area contributed by atoms with Crippen LogP contribution in [0.4, 0.5) is 11.5 Å². The van der Waals surface area contributed by atoms with Crippen LogP contribution in [0, 0.1) is 0 Å². The first kappa shape index (κ1) is 14.1. The van der Waals surface area contributed by atoms with Gasteiger partial charge in [-0.15, -0.1) is 0 Å². The van der Waals surface area contributed by atoms with Crippen molar-refractivity contribution >= 4 is 33.7 Å². The van der Waals surface area contributed by atoms with Gasteiger partial charge in [0.25, 0.3) is 0 Å². The van der Waals surface area contributed by atoms with E-state index in [4.69, 9.17) is 0 Å². The molecule has 1 aliphatic rings. The third-order valence-corrected chi connectivity index (χ3v) is 4.34. The standard InChI is InChI=1S/C16H16BrN3O/c17-14-11-13(12-21)4-5-15(14)19-7-9-20(10-8-19)16-3-1-2-6-18-16/h1-6,11-12H,7-10H2. The molecule has 2 aromatic rings. The first-order valence-corrected chi connectivity index (χ1v) is 7.73. The van der Waals surface area contributed by atoms with Gasteiger partial charge in [0.15, 0.2) is 0 Å². The highest BCUT2D eigenvalue weighted by atomic mass is 79.9. The van der Waals surface area contributed by atoms with Crippen molar-refractivity contribution in [2.75, 3.05) is 36.0 Å². The zero-order chi connectivity index (χ0) is 14.7. The third-order valence-electron chi connectivity index (χ3n) is 3.70. The first-order valence-electron chi connectivity index (χ1n) is 6.93. The number of benzene rings is 1. The van der Waals surface area contributed by atoms with Gasteiger partial charge in [0.2, 0.25) is 0 Å². The quantitative estimate of drug-likeness (QED) is 0.801. The monoisotopic (exact) mass is 345 g/mol. The van der Waals surface area contributed by atoms with Crippen LogP contribution < -0.4 is 9.80 Å². The minimum atomic E-state index is 0.692. The molecular weight excluding hydrogens is 330 g/mol. The Bertz CT molecular complexity index is 625. The van der Waals surface area contributed by atoms with Crippen LogP contribution in [0.15, 0.2) is 47.1 Å². The lowest BCUT2D eigenvalue weighted by molar-refractivity contribution is 0.112. The number of piperazine rings is 1. The smallest absolute Gasteiger partial charge is 0.150 e. The second-order valence-corrected chi connectivity index (χ2v) is 5.85. The summed E-state index contributed by atoms with van der Waals surface area (Å²) in [5, 5.41) is 0. The molecule has 1 fully saturated rings. The highest BCUT2D eigenvalue weighted by Crippen LogP contribution is 2.28. The molecule has 0 spiro atoms. The Labute approximate surface area is 132 Å². The molecule has 108 valence electrons. The summed E-state index contributed by atoms with van der Waals surface area (Å²) in [6.07, 6.45) is 2.70. The molecule has 1 aromatic carbocycles. The van der Waals surface area contributed by atoms with Crippen LogP contribution in [0.2, 0.25) is 0 Å². The summed E-state index contributed by atoms with van der Waals surface area (Å²) < 4.78 is 0.971. The predicted molar refractivity (Wildman–Crippen MR) is 88.2 cm³/mol. The van der Waals surface area contributed by atoms with Crippen molar-refractivity contribution in [3.8, 4) is 0 Å². The Morgan fingerprint density at radius 3 is 2.43 bits per heavy atom. The van der Waals surface area contributed by atoms with Gasteiger partial charge in [0.1, 0.15) is 12.1 Å². The molecule has 4 nitrogen and oxygen atoms in total. The van der Waals surface area contributed by atoms with Crippen LogP contribution in [0.1, 0.15) is 10.4 Å². The number of hydrogen-bond donors (Lipinski definition) is 0. The van der Waals surface area contributed by atoms with Crippen LogP contribution in [0.25, 0.3) is 0 Å². The average Bonchev–Trinajstić information content (AvgIpc) is 2.56. The van der Waals surface area contributed by atoms with Gasteiger partial charge in [0.05, 0.1) is 5.69 Å². The van der Waals surface area contributed by atoms with Crippen molar-refractivity contribution in [1.29, 1.82) is 0 Å². The van der Waals surface area contributed by atoms with E-state index in [1.807, 2.05) is 42.6 Å². The van der Waals surface area contributed by atoms with E-state index >= 15 is 0 Å². The van der Waals surface area contributed by atoms with Crippen LogP contribution in [-0.4, -0.2) is 37.4 Å². The lowest BCUT2D eigenvalue weighted by Gasteiger charge is -2.37. The van der Waals surface area contributed by atoms with Gasteiger partial charge in [-0.1, -0.05) is 6.07 Å². The average molecular weight is 346 g/mol. The summed E-state index contributed by atoms with van der Waals surface area (Å²) in [7, 11) is 0. The molecule has 3 rings (SSSR count). The molecule has 1 saturated heterocycles. The zero-order valence-electron chi connectivity index (χ0n) is 11.6. The molecule has 2 heterocycles. The predicted octanol–water partition coefficient (Wildman–Crippen LogP) is 2.98. The summed E-state index contributed by atoms with van der Waals surface area (Å²) >= 11 is 3.56. The van der Waals surface area contributed by atoms with Crippen molar-refractivity contribution < 1.29 is 4.79 Å². The molecule has 5 heteroatoms. The number of carbonyl (C=O) groups is 1. The highest BCUT2D eigenvalue weighted by Gasteiger charge is 2.19. The maximum atomic E-state index is 10.8. The fraction of sp³-hybridized carbons (Fsp3) is 0.250. The molecule has 0 amide bonds. The molecule has 0 N–H and O–H groups in total. The molecule has 1 aliphatic heterocycles. The van der Waals surface area contributed by atoms with Gasteiger partial charge >= 0.3 is 0 Å². The van der Waals surface area contributed by atoms with Gasteiger partial charge in [-0.05, 0) is 46.3 Å². The molecule has 0 radical (unpaired) electrons. The number of anilines is 2. The fourth-order valence-corrected chi connectivity index (χ4v) is 3.22. The zero-order valence-corrected chi connectivity index (χ0v) is 13.2. The minimum Gasteiger partial charge on any atom is -0.367 e. The summed E-state index contributed by atoms with van der Waals surface area (Å²) in [6, 6.07) is 11.7. The molecule has 21 heavy (non-hydrogen) atoms. The molecule has 0 unspecified atom stereocenters. The van der Waals surface area contributed by atoms with Crippen molar-refractivity contribution in [3.63, 3.8) is 0 Å². The van der Waals surface area contributed by atoms with E-state index in [1.54, 1.807) is 0 Å². The van der Waals surface area contributed by atoms with Crippen molar-refractivity contribution in [3.05, 3.63) is 52.6 Å². The summed E-state index contributed by atoms with van der Waals surface area (Å²) in [4.78, 5) is 19.8. The number of rotatable bonds is 3. The van der Waals surface area contributed by atoms with E-state index in [2.05, 4.69) is 30.7 Å². The van der Waals surface area contributed by atoms with E-state index < -0.39 is 0 Å². The minimum absolute atomic E-state index is 0.692. The normalized spacial score (nSPS) is 15.1. The van der Waals surface area contributed by atoms with E-state index in [0.717, 1.165) is 48.4 Å². The van der Waals surface area contributed by atoms with Crippen LogP contribution in [0.3, 0.4) is 0 Å². The number of aromatic nitrogens is 1. The van der Waals surface area contributed by atoms with Crippen molar-refractivity contribution in [2.45, 2.75) is 0 Å². The van der Waals surface area contributed by atoms with E-state index in [-0.39, 0.29) is 0 Å². The molecule has 0 bridgehead atoms. The lowest BCUT2D eigenvalue weighted by Crippen LogP contribution is -2.46. The Hall–Kier alpha value is -1.88. The Kier molecular flexibility index (Phi) is 4.20. The molecular formula is C16H16BrN3O. The molecule has 0 atom stereocenters. The molecule has 0 aliphatic carbocycles. The van der Waals surface area contributed by atoms with Crippen LogP contribution >= 0.6 is 15.9 Å². The Morgan fingerprint density at radius 2 is 1.81 bits per heavy atom. The fourth-order valence-electron chi connectivity index (χ4n) is 2.57. The van der Waals surface area contributed by atoms with Gasteiger partial charge in [0, 0.05) is 42.4 Å². The Morgan fingerprint density at radius 1 is 1.05 bits per heavy atom. The molecule has 0 saturated carbocycles. The topological polar surface area (TPSA) is 36.4 Å². The maximum Gasteiger partial charge on any atom is 0.150 e. The second-order valence-electron chi connectivity index (χ2n) is 4.99. The van der Waals surface area contributed by atoms with Gasteiger partial charge in [-0.2, -0.15) is 0 Å². The number of aldehydes is 1. The van der Waals surface area contributed by atoms with Crippen LogP contribution in [-0.2, 0) is 0 Å². The number of hydrogen-bond acceptors (Lipinski definition) is 4. The highest BCUT2D eigenvalue weighted by molar-refractivity contribution is 9.10. The summed E-state index contributed by atoms with van der Waals surface area (Å²) in [5.74, 6) is 1.03. The third kappa shape index (κ3) is 3.08.